The lowest BCUT2D eigenvalue weighted by Crippen LogP contribution is -2.60. The number of allylic oxidation sites excluding steroid dienone is 2. The lowest BCUT2D eigenvalue weighted by Gasteiger charge is -2.50. The summed E-state index contributed by atoms with van der Waals surface area (Å²) in [5.74, 6) is -6.32. The van der Waals surface area contributed by atoms with Crippen LogP contribution in [0.3, 0.4) is 0 Å². The van der Waals surface area contributed by atoms with Crippen LogP contribution in [0.15, 0.2) is 72.3 Å². The van der Waals surface area contributed by atoms with Gasteiger partial charge in [0.2, 0.25) is 11.8 Å². The molecule has 3 fully saturated rings. The second-order valence-electron chi connectivity index (χ2n) is 11.8. The number of benzene rings is 3. The van der Waals surface area contributed by atoms with E-state index in [0.29, 0.717) is 20.4 Å². The van der Waals surface area contributed by atoms with Gasteiger partial charge >= 0.3 is 0 Å². The van der Waals surface area contributed by atoms with Gasteiger partial charge in [-0.3, -0.25) is 24.1 Å². The molecule has 46 heavy (non-hydrogen) atoms. The summed E-state index contributed by atoms with van der Waals surface area (Å²) in [6, 6.07) is 15.1. The second-order valence-corrected chi connectivity index (χ2v) is 15.4. The molecule has 2 saturated heterocycles. The Morgan fingerprint density at radius 2 is 1.52 bits per heavy atom. The van der Waals surface area contributed by atoms with Crippen LogP contribution >= 0.6 is 68.4 Å². The molecule has 1 N–H and O–H groups in total. The van der Waals surface area contributed by atoms with Crippen LogP contribution in [0, 0.1) is 30.7 Å². The number of hydrogen-bond donors (Lipinski definition) is 1. The third-order valence-electron chi connectivity index (χ3n) is 9.58. The van der Waals surface area contributed by atoms with Gasteiger partial charge in [0, 0.05) is 9.49 Å². The lowest BCUT2D eigenvalue weighted by molar-refractivity contribution is -0.125. The van der Waals surface area contributed by atoms with Gasteiger partial charge in [0.25, 0.3) is 11.8 Å². The van der Waals surface area contributed by atoms with Crippen molar-refractivity contribution in [3.8, 4) is 11.5 Å². The number of anilines is 2. The SMILES string of the molecule is COc1cc(C2C3=CCC4C(=O)N(c5ccc(I)cc5)C(=O)C4C3CC3(Cl)C(=O)N(c4ccc(F)cc4)C(=O)C23Cl)cc(I)c1O. The normalized spacial score (nSPS) is 30.3. The monoisotopic (exact) mass is 886 g/mol. The first-order chi connectivity index (χ1) is 21.8. The Morgan fingerprint density at radius 3 is 2.17 bits per heavy atom. The Balaban J connectivity index is 1.42. The van der Waals surface area contributed by atoms with Crippen LogP contribution in [0.1, 0.15) is 24.3 Å². The zero-order valence-electron chi connectivity index (χ0n) is 23.8. The van der Waals surface area contributed by atoms with Crippen LogP contribution in [0.4, 0.5) is 15.8 Å². The van der Waals surface area contributed by atoms with Crippen molar-refractivity contribution >= 4 is 103 Å². The van der Waals surface area contributed by atoms with E-state index in [2.05, 4.69) is 22.6 Å². The summed E-state index contributed by atoms with van der Waals surface area (Å²) in [6.07, 6.45) is 1.84. The molecule has 13 heteroatoms. The number of fused-ring (bicyclic) bond motifs is 4. The minimum absolute atomic E-state index is 0.0919. The van der Waals surface area contributed by atoms with Crippen molar-refractivity contribution in [2.75, 3.05) is 16.9 Å². The van der Waals surface area contributed by atoms with Crippen molar-refractivity contribution in [3.63, 3.8) is 0 Å². The zero-order chi connectivity index (χ0) is 32.9. The molecular formula is C33H23Cl2FI2N2O6. The number of methoxy groups -OCH3 is 1. The van der Waals surface area contributed by atoms with Crippen molar-refractivity contribution in [1.82, 2.24) is 0 Å². The number of aromatic hydroxyl groups is 1. The van der Waals surface area contributed by atoms with E-state index in [-0.39, 0.29) is 35.9 Å². The van der Waals surface area contributed by atoms with Crippen molar-refractivity contribution in [3.05, 3.63) is 90.8 Å². The Kier molecular flexibility index (Phi) is 7.72. The van der Waals surface area contributed by atoms with E-state index >= 15 is 0 Å². The minimum Gasteiger partial charge on any atom is -0.504 e. The minimum atomic E-state index is -2.10. The van der Waals surface area contributed by atoms with Gasteiger partial charge in [-0.15, -0.1) is 23.2 Å². The second kappa shape index (κ2) is 11.2. The van der Waals surface area contributed by atoms with Gasteiger partial charge in [-0.2, -0.15) is 0 Å². The van der Waals surface area contributed by atoms with Gasteiger partial charge in [-0.1, -0.05) is 11.6 Å². The number of imide groups is 2. The van der Waals surface area contributed by atoms with Gasteiger partial charge in [-0.25, -0.2) is 9.29 Å². The summed E-state index contributed by atoms with van der Waals surface area (Å²) < 4.78 is 20.6. The molecule has 2 aliphatic heterocycles. The molecular weight excluding hydrogens is 864 g/mol. The van der Waals surface area contributed by atoms with E-state index in [1.54, 1.807) is 30.3 Å². The summed E-state index contributed by atoms with van der Waals surface area (Å²) in [5, 5.41) is 10.6. The molecule has 6 unspecified atom stereocenters. The largest absolute Gasteiger partial charge is 0.504 e. The fourth-order valence-corrected chi connectivity index (χ4v) is 9.45. The first kappa shape index (κ1) is 31.8. The van der Waals surface area contributed by atoms with Crippen LogP contribution in [0.2, 0.25) is 0 Å². The van der Waals surface area contributed by atoms with Crippen LogP contribution in [0.25, 0.3) is 0 Å². The highest BCUT2D eigenvalue weighted by atomic mass is 127. The number of halogens is 5. The maximum atomic E-state index is 14.5. The molecule has 2 aliphatic carbocycles. The zero-order valence-corrected chi connectivity index (χ0v) is 29.7. The third-order valence-corrected chi connectivity index (χ3v) is 12.5. The number of hydrogen-bond acceptors (Lipinski definition) is 6. The number of rotatable bonds is 4. The molecule has 1 saturated carbocycles. The Bertz CT molecular complexity index is 1890. The summed E-state index contributed by atoms with van der Waals surface area (Å²) in [6.45, 7) is 0. The van der Waals surface area contributed by atoms with E-state index < -0.39 is 57.0 Å². The van der Waals surface area contributed by atoms with Gasteiger partial charge in [-0.05, 0) is 130 Å². The molecule has 0 aromatic heterocycles. The van der Waals surface area contributed by atoms with E-state index in [1.807, 2.05) is 28.7 Å². The molecule has 7 rings (SSSR count). The van der Waals surface area contributed by atoms with Crippen LogP contribution in [0.5, 0.6) is 11.5 Å². The van der Waals surface area contributed by atoms with Crippen molar-refractivity contribution in [2.45, 2.75) is 28.5 Å². The highest BCUT2D eigenvalue weighted by Gasteiger charge is 2.76. The summed E-state index contributed by atoms with van der Waals surface area (Å²) in [7, 11) is 1.38. The third kappa shape index (κ3) is 4.33. The average Bonchev–Trinajstić information content (AvgIpc) is 3.37. The number of ether oxygens (including phenoxy) is 1. The molecule has 0 radical (unpaired) electrons. The predicted molar refractivity (Wildman–Crippen MR) is 186 cm³/mol. The van der Waals surface area contributed by atoms with E-state index in [4.69, 9.17) is 27.9 Å². The average molecular weight is 887 g/mol. The van der Waals surface area contributed by atoms with Gasteiger partial charge in [0.05, 0.1) is 33.9 Å². The molecule has 4 amide bonds. The van der Waals surface area contributed by atoms with E-state index in [1.165, 1.54) is 30.2 Å². The van der Waals surface area contributed by atoms with Gasteiger partial charge in [0.15, 0.2) is 21.2 Å². The Labute approximate surface area is 300 Å². The van der Waals surface area contributed by atoms with Crippen molar-refractivity contribution < 1.29 is 33.4 Å². The van der Waals surface area contributed by atoms with Crippen LogP contribution < -0.4 is 14.5 Å². The number of carbonyl (C=O) groups excluding carboxylic acids is 4. The fraction of sp³-hybridized carbons (Fsp3) is 0.273. The predicted octanol–water partition coefficient (Wildman–Crippen LogP) is 6.52. The van der Waals surface area contributed by atoms with E-state index in [0.717, 1.165) is 20.6 Å². The first-order valence-corrected chi connectivity index (χ1v) is 17.2. The quantitative estimate of drug-likeness (QED) is 0.139. The van der Waals surface area contributed by atoms with Gasteiger partial charge < -0.3 is 9.84 Å². The highest BCUT2D eigenvalue weighted by Crippen LogP contribution is 2.66. The van der Waals surface area contributed by atoms with Crippen molar-refractivity contribution in [1.29, 1.82) is 0 Å². The number of carbonyl (C=O) groups is 4. The van der Waals surface area contributed by atoms with Crippen molar-refractivity contribution in [2.24, 2.45) is 17.8 Å². The highest BCUT2D eigenvalue weighted by molar-refractivity contribution is 14.1. The summed E-state index contributed by atoms with van der Waals surface area (Å²) >= 11 is 18.9. The Morgan fingerprint density at radius 1 is 0.891 bits per heavy atom. The summed E-state index contributed by atoms with van der Waals surface area (Å²) in [5.41, 5.74) is 1.57. The summed E-state index contributed by atoms with van der Waals surface area (Å²) in [4.78, 5) is 54.8. The molecule has 3 aromatic rings. The molecule has 4 aliphatic rings. The molecule has 3 aromatic carbocycles. The maximum Gasteiger partial charge on any atom is 0.258 e. The van der Waals surface area contributed by atoms with Crippen LogP contribution in [-0.2, 0) is 19.2 Å². The van der Waals surface area contributed by atoms with E-state index in [9.17, 15) is 28.7 Å². The molecule has 8 nitrogen and oxygen atoms in total. The molecule has 236 valence electrons. The molecule has 6 atom stereocenters. The first-order valence-electron chi connectivity index (χ1n) is 14.3. The molecule has 0 bridgehead atoms. The number of nitrogens with zero attached hydrogens (tertiary/aromatic N) is 2. The smallest absolute Gasteiger partial charge is 0.258 e. The number of alkyl halides is 2. The molecule has 0 spiro atoms. The number of amides is 4. The number of phenols is 1. The Hall–Kier alpha value is -2.75. The van der Waals surface area contributed by atoms with Gasteiger partial charge in [0.1, 0.15) is 5.82 Å². The molecule has 2 heterocycles. The topological polar surface area (TPSA) is 104 Å². The number of phenolic OH excluding ortho intramolecular Hbond substituents is 1. The lowest BCUT2D eigenvalue weighted by atomic mass is 9.56. The standard InChI is InChI=1S/C33H23Cl2FI2N2O6/c1-46-24-13-15(12-23(38)27(24)41)26-20-10-11-21-25(29(43)39(28(21)42)18-8-4-17(37)5-9-18)22(20)14-32(34)30(44)40(31(45)33(26,32)35)19-6-2-16(36)3-7-19/h2-10,12-13,21-22,25-26,41H,11,14H2,1H3. The maximum absolute atomic E-state index is 14.5. The fourth-order valence-electron chi connectivity index (χ4n) is 7.53. The van der Waals surface area contributed by atoms with Crippen LogP contribution in [-0.4, -0.2) is 45.6 Å².